The second-order valence-electron chi connectivity index (χ2n) is 5.45. The van der Waals surface area contributed by atoms with E-state index in [9.17, 15) is 4.79 Å². The third-order valence-electron chi connectivity index (χ3n) is 3.24. The first kappa shape index (κ1) is 17.4. The maximum atomic E-state index is 12.3. The van der Waals surface area contributed by atoms with E-state index in [2.05, 4.69) is 0 Å². The summed E-state index contributed by atoms with van der Waals surface area (Å²) in [5, 5.41) is 0. The number of ether oxygens (including phenoxy) is 1. The van der Waals surface area contributed by atoms with Gasteiger partial charge in [0.1, 0.15) is 5.75 Å². The topological polar surface area (TPSA) is 55.6 Å². The normalized spacial score (nSPS) is 10.5. The van der Waals surface area contributed by atoms with Crippen molar-refractivity contribution < 1.29 is 9.53 Å². The average Bonchev–Trinajstić information content (AvgIpc) is 2.39. The van der Waals surface area contributed by atoms with Crippen LogP contribution in [0.2, 0.25) is 0 Å². The summed E-state index contributed by atoms with van der Waals surface area (Å²) in [5.74, 6) is 0.698. The second kappa shape index (κ2) is 7.98. The van der Waals surface area contributed by atoms with Crippen LogP contribution in [-0.2, 0) is 4.79 Å². The maximum absolute atomic E-state index is 12.3. The van der Waals surface area contributed by atoms with Gasteiger partial charge in [0, 0.05) is 19.0 Å². The van der Waals surface area contributed by atoms with Crippen LogP contribution in [0.4, 0.5) is 0 Å². The SMILES string of the molecule is Cc1ccc(C)c(OCC(=O)N(CCC(N)=S)C(C)C)c1. The Bertz CT molecular complexity index is 515. The van der Waals surface area contributed by atoms with E-state index in [1.54, 1.807) is 4.90 Å². The lowest BCUT2D eigenvalue weighted by Crippen LogP contribution is -2.41. The number of thiocarbonyl (C=S) groups is 1. The molecule has 4 nitrogen and oxygen atoms in total. The zero-order valence-corrected chi connectivity index (χ0v) is 14.0. The summed E-state index contributed by atoms with van der Waals surface area (Å²) in [7, 11) is 0. The highest BCUT2D eigenvalue weighted by Gasteiger charge is 2.17. The minimum absolute atomic E-state index is 0.0276. The van der Waals surface area contributed by atoms with Gasteiger partial charge in [0.2, 0.25) is 0 Å². The molecule has 0 saturated carbocycles. The van der Waals surface area contributed by atoms with Crippen LogP contribution in [0, 0.1) is 13.8 Å². The van der Waals surface area contributed by atoms with E-state index < -0.39 is 0 Å². The number of amides is 1. The second-order valence-corrected chi connectivity index (χ2v) is 5.98. The zero-order chi connectivity index (χ0) is 16.0. The highest BCUT2D eigenvalue weighted by atomic mass is 32.1. The molecule has 0 heterocycles. The molecule has 0 aliphatic heterocycles. The Morgan fingerprint density at radius 1 is 1.38 bits per heavy atom. The van der Waals surface area contributed by atoms with Crippen molar-refractivity contribution in [1.29, 1.82) is 0 Å². The molecule has 0 fully saturated rings. The van der Waals surface area contributed by atoms with Crippen molar-refractivity contribution >= 4 is 23.1 Å². The first-order valence-electron chi connectivity index (χ1n) is 7.09. The van der Waals surface area contributed by atoms with E-state index in [4.69, 9.17) is 22.7 Å². The third-order valence-corrected chi connectivity index (χ3v) is 3.44. The van der Waals surface area contributed by atoms with E-state index in [1.807, 2.05) is 45.9 Å². The summed E-state index contributed by atoms with van der Waals surface area (Å²) in [5.41, 5.74) is 7.63. The van der Waals surface area contributed by atoms with Gasteiger partial charge in [-0.1, -0.05) is 24.4 Å². The van der Waals surface area contributed by atoms with Crippen LogP contribution in [0.25, 0.3) is 0 Å². The van der Waals surface area contributed by atoms with Gasteiger partial charge < -0.3 is 15.4 Å². The molecule has 0 radical (unpaired) electrons. The number of rotatable bonds is 7. The van der Waals surface area contributed by atoms with Crippen LogP contribution in [0.15, 0.2) is 18.2 Å². The lowest BCUT2D eigenvalue weighted by molar-refractivity contribution is -0.134. The number of hydrogen-bond donors (Lipinski definition) is 1. The van der Waals surface area contributed by atoms with Crippen molar-refractivity contribution in [3.05, 3.63) is 29.3 Å². The van der Waals surface area contributed by atoms with E-state index in [1.165, 1.54) is 0 Å². The minimum atomic E-state index is -0.0536. The van der Waals surface area contributed by atoms with Crippen LogP contribution >= 0.6 is 12.2 Å². The number of carbonyl (C=O) groups is 1. The fraction of sp³-hybridized carbons (Fsp3) is 0.500. The molecule has 21 heavy (non-hydrogen) atoms. The van der Waals surface area contributed by atoms with E-state index in [-0.39, 0.29) is 18.6 Å². The van der Waals surface area contributed by atoms with E-state index in [0.29, 0.717) is 18.0 Å². The Morgan fingerprint density at radius 3 is 2.62 bits per heavy atom. The van der Waals surface area contributed by atoms with Crippen LogP contribution in [0.5, 0.6) is 5.75 Å². The van der Waals surface area contributed by atoms with Crippen LogP contribution in [-0.4, -0.2) is 35.0 Å². The molecule has 0 aliphatic rings. The van der Waals surface area contributed by atoms with Gasteiger partial charge in [0.15, 0.2) is 6.61 Å². The highest BCUT2D eigenvalue weighted by molar-refractivity contribution is 7.80. The Kier molecular flexibility index (Phi) is 6.62. The van der Waals surface area contributed by atoms with Crippen molar-refractivity contribution in [3.63, 3.8) is 0 Å². The van der Waals surface area contributed by atoms with Crippen molar-refractivity contribution in [2.75, 3.05) is 13.2 Å². The Labute approximate surface area is 132 Å². The lowest BCUT2D eigenvalue weighted by atomic mass is 10.1. The molecule has 0 spiro atoms. The molecule has 1 aromatic rings. The molecular formula is C16H24N2O2S. The number of nitrogens with two attached hydrogens (primary N) is 1. The van der Waals surface area contributed by atoms with E-state index >= 15 is 0 Å². The first-order valence-corrected chi connectivity index (χ1v) is 7.50. The molecule has 0 bridgehead atoms. The smallest absolute Gasteiger partial charge is 0.260 e. The number of aryl methyl sites for hydroxylation is 2. The Morgan fingerprint density at radius 2 is 2.05 bits per heavy atom. The van der Waals surface area contributed by atoms with E-state index in [0.717, 1.165) is 16.9 Å². The Balaban J connectivity index is 2.65. The number of hydrogen-bond acceptors (Lipinski definition) is 3. The summed E-state index contributed by atoms with van der Waals surface area (Å²) in [6.45, 7) is 8.45. The number of benzene rings is 1. The maximum Gasteiger partial charge on any atom is 0.260 e. The van der Waals surface area contributed by atoms with Gasteiger partial charge >= 0.3 is 0 Å². The van der Waals surface area contributed by atoms with Gasteiger partial charge in [-0.05, 0) is 44.9 Å². The monoisotopic (exact) mass is 308 g/mol. The minimum Gasteiger partial charge on any atom is -0.483 e. The largest absolute Gasteiger partial charge is 0.483 e. The van der Waals surface area contributed by atoms with Crippen molar-refractivity contribution in [1.82, 2.24) is 4.90 Å². The molecule has 0 unspecified atom stereocenters. The molecule has 5 heteroatoms. The first-order chi connectivity index (χ1) is 9.81. The van der Waals surface area contributed by atoms with Gasteiger partial charge in [-0.3, -0.25) is 4.79 Å². The lowest BCUT2D eigenvalue weighted by Gasteiger charge is -2.26. The third kappa shape index (κ3) is 5.71. The molecule has 0 saturated heterocycles. The Hall–Kier alpha value is -1.62. The van der Waals surface area contributed by atoms with Crippen LogP contribution in [0.1, 0.15) is 31.4 Å². The van der Waals surface area contributed by atoms with Gasteiger partial charge in [0.25, 0.3) is 5.91 Å². The standard InChI is InChI=1S/C16H24N2O2S/c1-11(2)18(8-7-15(17)21)16(19)10-20-14-9-12(3)5-6-13(14)4/h5-6,9,11H,7-8,10H2,1-4H3,(H2,17,21). The van der Waals surface area contributed by atoms with Gasteiger partial charge in [-0.2, -0.15) is 0 Å². The summed E-state index contributed by atoms with van der Waals surface area (Å²) in [4.78, 5) is 14.4. The number of nitrogens with zero attached hydrogens (tertiary/aromatic N) is 1. The molecule has 116 valence electrons. The molecule has 0 aromatic heterocycles. The quantitative estimate of drug-likeness (QED) is 0.787. The molecular weight excluding hydrogens is 284 g/mol. The summed E-state index contributed by atoms with van der Waals surface area (Å²) in [6, 6.07) is 6.04. The fourth-order valence-corrected chi connectivity index (χ4v) is 2.08. The van der Waals surface area contributed by atoms with Gasteiger partial charge in [0.05, 0.1) is 4.99 Å². The highest BCUT2D eigenvalue weighted by Crippen LogP contribution is 2.19. The molecule has 0 aliphatic carbocycles. The molecule has 0 atom stereocenters. The number of carbonyl (C=O) groups excluding carboxylic acids is 1. The molecule has 1 aromatic carbocycles. The van der Waals surface area contributed by atoms with Crippen molar-refractivity contribution in [3.8, 4) is 5.75 Å². The predicted molar refractivity (Wildman–Crippen MR) is 89.7 cm³/mol. The van der Waals surface area contributed by atoms with Gasteiger partial charge in [-0.25, -0.2) is 0 Å². The zero-order valence-electron chi connectivity index (χ0n) is 13.2. The molecule has 2 N–H and O–H groups in total. The summed E-state index contributed by atoms with van der Waals surface area (Å²) in [6.07, 6.45) is 0.530. The molecule has 1 rings (SSSR count). The fourth-order valence-electron chi connectivity index (χ4n) is 1.99. The van der Waals surface area contributed by atoms with Gasteiger partial charge in [-0.15, -0.1) is 0 Å². The summed E-state index contributed by atoms with van der Waals surface area (Å²) >= 11 is 4.87. The van der Waals surface area contributed by atoms with Crippen molar-refractivity contribution in [2.24, 2.45) is 5.73 Å². The molecule has 1 amide bonds. The predicted octanol–water partition coefficient (Wildman–Crippen LogP) is 2.60. The van der Waals surface area contributed by atoms with Crippen LogP contribution in [0.3, 0.4) is 0 Å². The summed E-state index contributed by atoms with van der Waals surface area (Å²) < 4.78 is 5.66. The average molecular weight is 308 g/mol. The van der Waals surface area contributed by atoms with Crippen molar-refractivity contribution in [2.45, 2.75) is 40.2 Å². The van der Waals surface area contributed by atoms with Crippen LogP contribution < -0.4 is 10.5 Å².